The molecule has 0 aliphatic rings. The van der Waals surface area contributed by atoms with Crippen LogP contribution in [-0.2, 0) is 10.0 Å². The average molecular weight is 348 g/mol. The molecule has 4 rings (SSSR count). The van der Waals surface area contributed by atoms with Crippen LogP contribution in [0.4, 0.5) is 0 Å². The third-order valence-corrected chi connectivity index (χ3v) is 6.00. The molecule has 124 valence electrons. The molecule has 0 bridgehead atoms. The molecule has 0 saturated heterocycles. The molecular formula is C20H16N2O2S. The summed E-state index contributed by atoms with van der Waals surface area (Å²) >= 11 is 0. The van der Waals surface area contributed by atoms with E-state index in [0.29, 0.717) is 11.3 Å². The van der Waals surface area contributed by atoms with Crippen LogP contribution in [-0.4, -0.2) is 17.4 Å². The van der Waals surface area contributed by atoms with Gasteiger partial charge in [0.1, 0.15) is 0 Å². The minimum Gasteiger partial charge on any atom is -0.237 e. The van der Waals surface area contributed by atoms with Crippen LogP contribution in [0.1, 0.15) is 5.69 Å². The Morgan fingerprint density at radius 3 is 2.24 bits per heavy atom. The Hall–Kier alpha value is -2.92. The lowest BCUT2D eigenvalue weighted by molar-refractivity contribution is 0.587. The summed E-state index contributed by atoms with van der Waals surface area (Å²) in [4.78, 5) is 4.49. The molecule has 2 aromatic carbocycles. The number of pyridine rings is 1. The number of rotatable bonds is 3. The van der Waals surface area contributed by atoms with Crippen LogP contribution in [0.2, 0.25) is 0 Å². The van der Waals surface area contributed by atoms with Gasteiger partial charge in [-0.3, -0.25) is 0 Å². The van der Waals surface area contributed by atoms with Crippen molar-refractivity contribution in [3.63, 3.8) is 0 Å². The molecule has 2 heterocycles. The molecule has 5 heteroatoms. The fraction of sp³-hybridized carbons (Fsp3) is 0.0500. The van der Waals surface area contributed by atoms with Gasteiger partial charge in [-0.15, -0.1) is 0 Å². The lowest BCUT2D eigenvalue weighted by Gasteiger charge is -2.10. The van der Waals surface area contributed by atoms with E-state index in [-0.39, 0.29) is 4.90 Å². The predicted octanol–water partition coefficient (Wildman–Crippen LogP) is 4.25. The first-order valence-electron chi connectivity index (χ1n) is 7.91. The van der Waals surface area contributed by atoms with Crippen molar-refractivity contribution in [3.8, 4) is 11.1 Å². The Labute approximate surface area is 146 Å². The zero-order valence-electron chi connectivity index (χ0n) is 13.6. The molecule has 0 atom stereocenters. The van der Waals surface area contributed by atoms with Crippen molar-refractivity contribution >= 4 is 21.1 Å². The highest BCUT2D eigenvalue weighted by Crippen LogP contribution is 2.26. The molecule has 0 fully saturated rings. The maximum absolute atomic E-state index is 13.1. The Bertz CT molecular complexity index is 1150. The van der Waals surface area contributed by atoms with Gasteiger partial charge in [0.15, 0.2) is 5.65 Å². The van der Waals surface area contributed by atoms with Crippen molar-refractivity contribution in [1.82, 2.24) is 8.96 Å². The second kappa shape index (κ2) is 5.86. The normalized spacial score (nSPS) is 11.7. The molecule has 25 heavy (non-hydrogen) atoms. The number of aryl methyl sites for hydroxylation is 1. The van der Waals surface area contributed by atoms with Crippen LogP contribution >= 0.6 is 0 Å². The molecule has 0 aliphatic heterocycles. The zero-order valence-corrected chi connectivity index (χ0v) is 14.4. The summed E-state index contributed by atoms with van der Waals surface area (Å²) in [5.41, 5.74) is 3.12. The van der Waals surface area contributed by atoms with E-state index >= 15 is 0 Å². The SMILES string of the molecule is Cc1cc2cccnc2n1S(=O)(=O)c1ccc(-c2ccccc2)cc1. The van der Waals surface area contributed by atoms with Gasteiger partial charge in [0, 0.05) is 17.3 Å². The Balaban J connectivity index is 1.82. The van der Waals surface area contributed by atoms with Gasteiger partial charge >= 0.3 is 0 Å². The van der Waals surface area contributed by atoms with Crippen molar-refractivity contribution in [2.24, 2.45) is 0 Å². The molecule has 4 aromatic rings. The van der Waals surface area contributed by atoms with E-state index in [2.05, 4.69) is 4.98 Å². The maximum atomic E-state index is 13.1. The summed E-state index contributed by atoms with van der Waals surface area (Å²) in [5, 5.41) is 0.810. The standard InChI is InChI=1S/C20H16N2O2S/c1-15-14-18-8-5-13-21-20(18)22(15)25(23,24)19-11-9-17(10-12-19)16-6-3-2-4-7-16/h2-14H,1H3. The third kappa shape index (κ3) is 2.62. The number of hydrogen-bond acceptors (Lipinski definition) is 3. The second-order valence-electron chi connectivity index (χ2n) is 5.86. The molecular weight excluding hydrogens is 332 g/mol. The smallest absolute Gasteiger partial charge is 0.237 e. The fourth-order valence-electron chi connectivity index (χ4n) is 3.00. The van der Waals surface area contributed by atoms with E-state index in [9.17, 15) is 8.42 Å². The molecule has 0 amide bonds. The third-order valence-electron chi connectivity index (χ3n) is 4.19. The minimum absolute atomic E-state index is 0.249. The Morgan fingerprint density at radius 1 is 0.840 bits per heavy atom. The molecule has 2 aromatic heterocycles. The topological polar surface area (TPSA) is 52.0 Å². The highest BCUT2D eigenvalue weighted by atomic mass is 32.2. The Kier molecular flexibility index (Phi) is 3.66. The van der Waals surface area contributed by atoms with Crippen molar-refractivity contribution in [1.29, 1.82) is 0 Å². The quantitative estimate of drug-likeness (QED) is 0.556. The van der Waals surface area contributed by atoms with Crippen LogP contribution in [0.5, 0.6) is 0 Å². The highest BCUT2D eigenvalue weighted by Gasteiger charge is 2.22. The maximum Gasteiger partial charge on any atom is 0.269 e. The Morgan fingerprint density at radius 2 is 1.52 bits per heavy atom. The van der Waals surface area contributed by atoms with Crippen molar-refractivity contribution in [2.75, 3.05) is 0 Å². The van der Waals surface area contributed by atoms with Gasteiger partial charge in [-0.05, 0) is 48.4 Å². The van der Waals surface area contributed by atoms with E-state index in [1.807, 2.05) is 54.6 Å². The molecule has 0 spiro atoms. The van der Waals surface area contributed by atoms with E-state index in [4.69, 9.17) is 0 Å². The van der Waals surface area contributed by atoms with Gasteiger partial charge in [0.25, 0.3) is 10.0 Å². The molecule has 0 saturated carbocycles. The minimum atomic E-state index is -3.70. The fourth-order valence-corrected chi connectivity index (χ4v) is 4.50. The molecule has 0 unspecified atom stereocenters. The monoisotopic (exact) mass is 348 g/mol. The first kappa shape index (κ1) is 15.6. The van der Waals surface area contributed by atoms with Gasteiger partial charge in [-0.2, -0.15) is 0 Å². The van der Waals surface area contributed by atoms with Crippen LogP contribution < -0.4 is 0 Å². The summed E-state index contributed by atoms with van der Waals surface area (Å²) in [6.07, 6.45) is 1.60. The highest BCUT2D eigenvalue weighted by molar-refractivity contribution is 7.90. The second-order valence-corrected chi connectivity index (χ2v) is 7.65. The van der Waals surface area contributed by atoms with Gasteiger partial charge in [0.2, 0.25) is 0 Å². The number of aromatic nitrogens is 2. The van der Waals surface area contributed by atoms with Crippen LogP contribution in [0, 0.1) is 6.92 Å². The largest absolute Gasteiger partial charge is 0.269 e. The number of benzene rings is 2. The van der Waals surface area contributed by atoms with Crippen molar-refractivity contribution in [3.05, 3.63) is 84.7 Å². The number of hydrogen-bond donors (Lipinski definition) is 0. The van der Waals surface area contributed by atoms with Gasteiger partial charge in [-0.1, -0.05) is 42.5 Å². The summed E-state index contributed by atoms with van der Waals surface area (Å²) in [6.45, 7) is 1.78. The van der Waals surface area contributed by atoms with Crippen LogP contribution in [0.15, 0.2) is 83.9 Å². The zero-order chi connectivity index (χ0) is 17.4. The summed E-state index contributed by atoms with van der Waals surface area (Å²) in [6, 6.07) is 22.3. The van der Waals surface area contributed by atoms with Gasteiger partial charge in [0.05, 0.1) is 4.90 Å². The van der Waals surface area contributed by atoms with Gasteiger partial charge in [-0.25, -0.2) is 17.4 Å². The molecule has 0 radical (unpaired) electrons. The van der Waals surface area contributed by atoms with Crippen molar-refractivity contribution < 1.29 is 8.42 Å². The van der Waals surface area contributed by atoms with Gasteiger partial charge < -0.3 is 0 Å². The lowest BCUT2D eigenvalue weighted by Crippen LogP contribution is -2.14. The van der Waals surface area contributed by atoms with Crippen LogP contribution in [0.25, 0.3) is 22.2 Å². The molecule has 0 aliphatic carbocycles. The van der Waals surface area contributed by atoms with Crippen LogP contribution in [0.3, 0.4) is 0 Å². The van der Waals surface area contributed by atoms with E-state index in [1.165, 1.54) is 3.97 Å². The predicted molar refractivity (Wildman–Crippen MR) is 98.9 cm³/mol. The summed E-state index contributed by atoms with van der Waals surface area (Å²) in [5.74, 6) is 0. The number of fused-ring (bicyclic) bond motifs is 1. The number of nitrogens with zero attached hydrogens (tertiary/aromatic N) is 2. The first-order valence-corrected chi connectivity index (χ1v) is 9.35. The lowest BCUT2D eigenvalue weighted by atomic mass is 10.1. The van der Waals surface area contributed by atoms with E-state index in [1.54, 1.807) is 31.3 Å². The first-order chi connectivity index (χ1) is 12.1. The van der Waals surface area contributed by atoms with E-state index in [0.717, 1.165) is 16.5 Å². The average Bonchev–Trinajstić information content (AvgIpc) is 2.99. The van der Waals surface area contributed by atoms with E-state index < -0.39 is 10.0 Å². The summed E-state index contributed by atoms with van der Waals surface area (Å²) in [7, 11) is -3.70. The molecule has 0 N–H and O–H groups in total. The summed E-state index contributed by atoms with van der Waals surface area (Å²) < 4.78 is 27.5. The molecule has 4 nitrogen and oxygen atoms in total. The van der Waals surface area contributed by atoms with Crippen molar-refractivity contribution in [2.45, 2.75) is 11.8 Å².